The summed E-state index contributed by atoms with van der Waals surface area (Å²) in [7, 11) is 1.55. The first kappa shape index (κ1) is 20.9. The fraction of sp³-hybridized carbons (Fsp3) is 0.174. The molecular formula is C23H23N3O4. The molecule has 0 aliphatic heterocycles. The summed E-state index contributed by atoms with van der Waals surface area (Å²) in [6.45, 7) is 2.22. The van der Waals surface area contributed by atoms with Crippen LogP contribution in [0.3, 0.4) is 0 Å². The molecule has 0 radical (unpaired) electrons. The second-order valence-electron chi connectivity index (χ2n) is 6.34. The van der Waals surface area contributed by atoms with Crippen molar-refractivity contribution in [1.82, 2.24) is 10.7 Å². The lowest BCUT2D eigenvalue weighted by molar-refractivity contribution is -0.120. The van der Waals surface area contributed by atoms with Crippen molar-refractivity contribution in [3.8, 4) is 11.5 Å². The zero-order chi connectivity index (χ0) is 21.3. The minimum atomic E-state index is -0.439. The van der Waals surface area contributed by atoms with Crippen molar-refractivity contribution in [2.45, 2.75) is 6.92 Å². The number of rotatable bonds is 8. The lowest BCUT2D eigenvalue weighted by Crippen LogP contribution is -2.34. The molecule has 2 amide bonds. The Morgan fingerprint density at radius 2 is 1.80 bits per heavy atom. The van der Waals surface area contributed by atoms with Crippen LogP contribution >= 0.6 is 0 Å². The smallest absolute Gasteiger partial charge is 0.259 e. The van der Waals surface area contributed by atoms with Crippen LogP contribution in [0.4, 0.5) is 0 Å². The van der Waals surface area contributed by atoms with Crippen molar-refractivity contribution < 1.29 is 19.1 Å². The summed E-state index contributed by atoms with van der Waals surface area (Å²) in [5.74, 6) is 0.538. The number of nitrogens with one attached hydrogen (secondary N) is 2. The lowest BCUT2D eigenvalue weighted by atomic mass is 10.0. The first-order valence-electron chi connectivity index (χ1n) is 9.51. The average molecular weight is 405 g/mol. The third-order valence-corrected chi connectivity index (χ3v) is 4.38. The normalized spacial score (nSPS) is 10.7. The number of methoxy groups -OCH3 is 1. The highest BCUT2D eigenvalue weighted by molar-refractivity contribution is 6.03. The molecule has 0 heterocycles. The molecule has 0 aliphatic rings. The fourth-order valence-corrected chi connectivity index (χ4v) is 2.90. The quantitative estimate of drug-likeness (QED) is 0.445. The highest BCUT2D eigenvalue weighted by Gasteiger charge is 2.09. The number of hydrogen-bond donors (Lipinski definition) is 2. The molecule has 0 bridgehead atoms. The topological polar surface area (TPSA) is 89.0 Å². The molecule has 0 aromatic heterocycles. The highest BCUT2D eigenvalue weighted by Crippen LogP contribution is 2.26. The van der Waals surface area contributed by atoms with Gasteiger partial charge in [-0.05, 0) is 48.0 Å². The van der Waals surface area contributed by atoms with Crippen LogP contribution in [-0.4, -0.2) is 38.3 Å². The first-order valence-corrected chi connectivity index (χ1v) is 9.51. The lowest BCUT2D eigenvalue weighted by Gasteiger charge is -2.10. The largest absolute Gasteiger partial charge is 0.497 e. The molecule has 0 fully saturated rings. The summed E-state index contributed by atoms with van der Waals surface area (Å²) in [4.78, 5) is 24.2. The van der Waals surface area contributed by atoms with E-state index in [1.165, 1.54) is 0 Å². The van der Waals surface area contributed by atoms with E-state index in [2.05, 4.69) is 15.8 Å². The Balaban J connectivity index is 1.61. The summed E-state index contributed by atoms with van der Waals surface area (Å²) in [5, 5.41) is 8.60. The summed E-state index contributed by atoms with van der Waals surface area (Å²) < 4.78 is 10.7. The van der Waals surface area contributed by atoms with Gasteiger partial charge in [0.2, 0.25) is 0 Å². The minimum absolute atomic E-state index is 0.198. The van der Waals surface area contributed by atoms with Gasteiger partial charge in [0.15, 0.2) is 0 Å². The van der Waals surface area contributed by atoms with E-state index in [-0.39, 0.29) is 12.5 Å². The SMILES string of the molecule is CCOc1ccc2ccccc2c1/C=N\NC(=O)CNC(=O)c1ccc(OC)cc1. The van der Waals surface area contributed by atoms with Crippen LogP contribution in [0.15, 0.2) is 65.8 Å². The number of carbonyl (C=O) groups is 2. The van der Waals surface area contributed by atoms with E-state index in [4.69, 9.17) is 9.47 Å². The molecule has 0 unspecified atom stereocenters. The standard InChI is InChI=1S/C23H23N3O4/c1-3-30-21-13-10-16-6-4-5-7-19(16)20(21)14-25-26-22(27)15-24-23(28)17-8-11-18(29-2)12-9-17/h4-14H,3,15H2,1-2H3,(H,24,28)(H,26,27)/b25-14-. The van der Waals surface area contributed by atoms with Gasteiger partial charge in [-0.25, -0.2) is 5.43 Å². The predicted octanol–water partition coefficient (Wildman–Crippen LogP) is 3.13. The van der Waals surface area contributed by atoms with Crippen LogP contribution in [0, 0.1) is 0 Å². The second-order valence-corrected chi connectivity index (χ2v) is 6.34. The number of ether oxygens (including phenoxy) is 2. The highest BCUT2D eigenvalue weighted by atomic mass is 16.5. The minimum Gasteiger partial charge on any atom is -0.497 e. The molecule has 0 aliphatic carbocycles. The molecule has 3 aromatic rings. The maximum absolute atomic E-state index is 12.1. The van der Waals surface area contributed by atoms with E-state index >= 15 is 0 Å². The second kappa shape index (κ2) is 10.1. The number of hydrazone groups is 1. The molecule has 7 nitrogen and oxygen atoms in total. The zero-order valence-electron chi connectivity index (χ0n) is 16.8. The third-order valence-electron chi connectivity index (χ3n) is 4.38. The average Bonchev–Trinajstić information content (AvgIpc) is 2.78. The molecule has 0 saturated carbocycles. The predicted molar refractivity (Wildman–Crippen MR) is 116 cm³/mol. The van der Waals surface area contributed by atoms with Gasteiger partial charge in [0.1, 0.15) is 11.5 Å². The van der Waals surface area contributed by atoms with Crippen molar-refractivity contribution in [3.05, 3.63) is 71.8 Å². The van der Waals surface area contributed by atoms with Crippen LogP contribution in [0.1, 0.15) is 22.8 Å². The van der Waals surface area contributed by atoms with Crippen molar-refractivity contribution >= 4 is 28.8 Å². The van der Waals surface area contributed by atoms with Gasteiger partial charge >= 0.3 is 0 Å². The van der Waals surface area contributed by atoms with Gasteiger partial charge in [-0.15, -0.1) is 0 Å². The maximum Gasteiger partial charge on any atom is 0.259 e. The summed E-state index contributed by atoms with van der Waals surface area (Å²) in [6, 6.07) is 18.3. The Kier molecular flexibility index (Phi) is 7.00. The van der Waals surface area contributed by atoms with Crippen molar-refractivity contribution in [2.24, 2.45) is 5.10 Å². The van der Waals surface area contributed by atoms with Gasteiger partial charge in [0, 0.05) is 11.1 Å². The Bertz CT molecular complexity index is 1060. The number of hydrogen-bond acceptors (Lipinski definition) is 5. The number of fused-ring (bicyclic) bond motifs is 1. The van der Waals surface area contributed by atoms with Crippen LogP contribution in [0.5, 0.6) is 11.5 Å². The van der Waals surface area contributed by atoms with Crippen molar-refractivity contribution in [1.29, 1.82) is 0 Å². The van der Waals surface area contributed by atoms with Gasteiger partial charge < -0.3 is 14.8 Å². The van der Waals surface area contributed by atoms with Gasteiger partial charge in [0.05, 0.1) is 26.5 Å². The number of benzene rings is 3. The molecule has 3 rings (SSSR count). The van der Waals surface area contributed by atoms with Crippen LogP contribution < -0.4 is 20.2 Å². The van der Waals surface area contributed by atoms with E-state index in [1.807, 2.05) is 43.3 Å². The molecule has 0 spiro atoms. The molecule has 0 saturated heterocycles. The number of amides is 2. The van der Waals surface area contributed by atoms with E-state index in [0.717, 1.165) is 16.3 Å². The van der Waals surface area contributed by atoms with Crippen molar-refractivity contribution in [2.75, 3.05) is 20.3 Å². The Morgan fingerprint density at radius 3 is 2.53 bits per heavy atom. The zero-order valence-corrected chi connectivity index (χ0v) is 16.8. The van der Waals surface area contributed by atoms with E-state index < -0.39 is 5.91 Å². The first-order chi connectivity index (χ1) is 14.6. The van der Waals surface area contributed by atoms with Gasteiger partial charge in [0.25, 0.3) is 11.8 Å². The van der Waals surface area contributed by atoms with Gasteiger partial charge in [-0.1, -0.05) is 30.3 Å². The van der Waals surface area contributed by atoms with E-state index in [1.54, 1.807) is 37.6 Å². The van der Waals surface area contributed by atoms with Gasteiger partial charge in [-0.2, -0.15) is 5.10 Å². The summed E-state index contributed by atoms with van der Waals surface area (Å²) in [6.07, 6.45) is 1.55. The Labute approximate surface area is 174 Å². The fourth-order valence-electron chi connectivity index (χ4n) is 2.90. The molecule has 3 aromatic carbocycles. The molecule has 0 atom stereocenters. The van der Waals surface area contributed by atoms with Crippen molar-refractivity contribution in [3.63, 3.8) is 0 Å². The third kappa shape index (κ3) is 5.14. The van der Waals surface area contributed by atoms with E-state index in [9.17, 15) is 9.59 Å². The molecule has 2 N–H and O–H groups in total. The van der Waals surface area contributed by atoms with Crippen LogP contribution in [-0.2, 0) is 4.79 Å². The molecule has 7 heteroatoms. The molecule has 30 heavy (non-hydrogen) atoms. The maximum atomic E-state index is 12.1. The number of nitrogens with zero attached hydrogens (tertiary/aromatic N) is 1. The Hall–Kier alpha value is -3.87. The molecule has 154 valence electrons. The summed E-state index contributed by atoms with van der Waals surface area (Å²) in [5.41, 5.74) is 3.64. The Morgan fingerprint density at radius 1 is 1.03 bits per heavy atom. The number of carbonyl (C=O) groups excluding carboxylic acids is 2. The van der Waals surface area contributed by atoms with E-state index in [0.29, 0.717) is 23.7 Å². The monoisotopic (exact) mass is 405 g/mol. The summed E-state index contributed by atoms with van der Waals surface area (Å²) >= 11 is 0. The van der Waals surface area contributed by atoms with Crippen LogP contribution in [0.25, 0.3) is 10.8 Å². The van der Waals surface area contributed by atoms with Crippen LogP contribution in [0.2, 0.25) is 0 Å². The molecular weight excluding hydrogens is 382 g/mol. The van der Waals surface area contributed by atoms with Gasteiger partial charge in [-0.3, -0.25) is 9.59 Å².